The molecule has 6 saturated carbocycles. The van der Waals surface area contributed by atoms with Crippen molar-refractivity contribution in [2.45, 2.75) is 107 Å². The normalized spacial score (nSPS) is 30.7. The van der Waals surface area contributed by atoms with E-state index in [2.05, 4.69) is 26.4 Å². The van der Waals surface area contributed by atoms with Crippen LogP contribution in [0.2, 0.25) is 0 Å². The number of nitrogens with two attached hydrogens (primary N) is 1. The fourth-order valence-corrected chi connectivity index (χ4v) is 9.61. The van der Waals surface area contributed by atoms with Crippen molar-refractivity contribution in [3.63, 3.8) is 0 Å². The zero-order valence-electron chi connectivity index (χ0n) is 28.3. The maximum absolute atomic E-state index is 14.1. The van der Waals surface area contributed by atoms with E-state index in [1.54, 1.807) is 7.11 Å². The van der Waals surface area contributed by atoms with Crippen molar-refractivity contribution in [3.8, 4) is 17.3 Å². The van der Waals surface area contributed by atoms with Gasteiger partial charge in [-0.25, -0.2) is 14.4 Å². The number of likely N-dealkylation sites (tertiary alicyclic amines) is 1. The second-order valence-electron chi connectivity index (χ2n) is 16.3. The van der Waals surface area contributed by atoms with Gasteiger partial charge in [0.1, 0.15) is 22.7 Å². The minimum atomic E-state index is -1.11. The lowest BCUT2D eigenvalue weighted by molar-refractivity contribution is -0.214. The Morgan fingerprint density at radius 3 is 2.59 bits per heavy atom. The number of piperidine rings is 1. The van der Waals surface area contributed by atoms with Crippen molar-refractivity contribution in [1.82, 2.24) is 29.2 Å². The van der Waals surface area contributed by atoms with Crippen LogP contribution in [0.4, 0.5) is 4.39 Å². The number of hydrogen-bond acceptors (Lipinski definition) is 6. The number of fused-ring (bicyclic) bond motifs is 4. The van der Waals surface area contributed by atoms with Gasteiger partial charge in [0, 0.05) is 48.1 Å². The van der Waals surface area contributed by atoms with Crippen LogP contribution in [0.1, 0.15) is 105 Å². The fourth-order valence-electron chi connectivity index (χ4n) is 9.61. The van der Waals surface area contributed by atoms with Crippen LogP contribution in [-0.2, 0) is 11.3 Å². The van der Waals surface area contributed by atoms with Gasteiger partial charge in [0.2, 0.25) is 5.91 Å². The van der Waals surface area contributed by atoms with E-state index in [9.17, 15) is 14.0 Å². The van der Waals surface area contributed by atoms with E-state index in [1.165, 1.54) is 12.8 Å². The van der Waals surface area contributed by atoms with Crippen molar-refractivity contribution < 1.29 is 18.7 Å². The number of imidazole rings is 1. The first-order chi connectivity index (χ1) is 23.6. The zero-order chi connectivity index (χ0) is 33.4. The summed E-state index contributed by atoms with van der Waals surface area (Å²) in [7, 11) is 1.66. The molecule has 4 bridgehead atoms. The van der Waals surface area contributed by atoms with Gasteiger partial charge in [-0.05, 0) is 107 Å². The molecule has 1 aliphatic heterocycles. The maximum Gasteiger partial charge on any atom is 0.254 e. The Labute approximate surface area is 284 Å². The number of hydrogen-bond donors (Lipinski definition) is 2. The summed E-state index contributed by atoms with van der Waals surface area (Å²) in [5, 5.41) is 4.16. The summed E-state index contributed by atoms with van der Waals surface area (Å²) in [4.78, 5) is 39.5. The van der Waals surface area contributed by atoms with Gasteiger partial charge in [-0.3, -0.25) is 14.0 Å². The standard InChI is InChI=1S/C38H44FN7O3/c1-20(41-36(48)37-17-38(39,18-37)19-37)28-10-8-24-12-29(45(34(24)42-28)15-21-3-4-21)32-33(22-5-6-22)46-30(43-32)13-25(14-31(46)49-2)35(47)44-16-27(40)23-7-9-26(44)11-23/h8,10,12-14,20-23,26-27H,3-7,9,11,15-19,40H2,1-2H3,(H,41,48)/t20-,23-,26+,27+,37?,38?/m1/s1. The summed E-state index contributed by atoms with van der Waals surface area (Å²) in [6.45, 7) is 3.39. The number of alkyl halides is 1. The lowest BCUT2D eigenvalue weighted by Gasteiger charge is -2.64. The highest BCUT2D eigenvalue weighted by Crippen LogP contribution is 2.69. The van der Waals surface area contributed by atoms with E-state index in [1.807, 2.05) is 30.0 Å². The van der Waals surface area contributed by atoms with E-state index in [0.29, 0.717) is 60.7 Å². The number of rotatable bonds is 9. The maximum atomic E-state index is 14.1. The summed E-state index contributed by atoms with van der Waals surface area (Å²) in [5.41, 5.74) is 10.9. The minimum absolute atomic E-state index is 0.00172. The van der Waals surface area contributed by atoms with Crippen LogP contribution in [0.15, 0.2) is 30.3 Å². The highest BCUT2D eigenvalue weighted by atomic mass is 19.1. The molecule has 4 aromatic rings. The van der Waals surface area contributed by atoms with Gasteiger partial charge in [0.25, 0.3) is 5.91 Å². The average Bonchev–Trinajstić information content (AvgIpc) is 3.97. The number of aromatic nitrogens is 4. The van der Waals surface area contributed by atoms with E-state index >= 15 is 0 Å². The topological polar surface area (TPSA) is 120 Å². The van der Waals surface area contributed by atoms with Crippen LogP contribution in [0.3, 0.4) is 0 Å². The van der Waals surface area contributed by atoms with Gasteiger partial charge in [-0.15, -0.1) is 0 Å². The summed E-state index contributed by atoms with van der Waals surface area (Å²) in [6.07, 6.45) is 8.63. The Kier molecular flexibility index (Phi) is 6.27. The first-order valence-corrected chi connectivity index (χ1v) is 18.3. The molecule has 4 aromatic heterocycles. The van der Waals surface area contributed by atoms with Crippen LogP contribution in [0.5, 0.6) is 5.88 Å². The summed E-state index contributed by atoms with van der Waals surface area (Å²) in [6, 6.07) is 10.0. The molecular formula is C38H44FN7O3. The van der Waals surface area contributed by atoms with Crippen molar-refractivity contribution in [2.75, 3.05) is 13.7 Å². The molecule has 7 aliphatic rings. The Balaban J connectivity index is 1.04. The van der Waals surface area contributed by atoms with Gasteiger partial charge in [0.05, 0.1) is 35.6 Å². The Morgan fingerprint density at radius 1 is 1.08 bits per heavy atom. The van der Waals surface area contributed by atoms with Gasteiger partial charge in [-0.1, -0.05) is 0 Å². The highest BCUT2D eigenvalue weighted by molar-refractivity contribution is 5.96. The molecule has 3 N–H and O–H groups in total. The molecule has 11 rings (SSSR count). The van der Waals surface area contributed by atoms with Crippen LogP contribution in [0, 0.1) is 17.3 Å². The molecule has 0 spiro atoms. The number of carbonyl (C=O) groups excluding carboxylic acids is 2. The monoisotopic (exact) mass is 665 g/mol. The number of nitrogens with zero attached hydrogens (tertiary/aromatic N) is 5. The van der Waals surface area contributed by atoms with Crippen molar-refractivity contribution >= 4 is 28.5 Å². The third-order valence-electron chi connectivity index (χ3n) is 12.7. The first-order valence-electron chi connectivity index (χ1n) is 18.3. The van der Waals surface area contributed by atoms with Gasteiger partial charge < -0.3 is 25.3 Å². The number of ether oxygens (including phenoxy) is 1. The van der Waals surface area contributed by atoms with Crippen LogP contribution in [-0.4, -0.2) is 67.1 Å². The van der Waals surface area contributed by atoms with E-state index in [0.717, 1.165) is 72.5 Å². The van der Waals surface area contributed by atoms with Crippen molar-refractivity contribution in [2.24, 2.45) is 23.0 Å². The fraction of sp³-hybridized carbons (Fsp3) is 0.579. The number of halogens is 1. The highest BCUT2D eigenvalue weighted by Gasteiger charge is 2.72. The number of methoxy groups -OCH3 is 1. The number of amides is 2. The smallest absolute Gasteiger partial charge is 0.254 e. The number of nitrogens with one attached hydrogen (secondary N) is 1. The second-order valence-corrected chi connectivity index (χ2v) is 16.3. The van der Waals surface area contributed by atoms with Crippen molar-refractivity contribution in [1.29, 1.82) is 0 Å². The Morgan fingerprint density at radius 2 is 1.88 bits per heavy atom. The largest absolute Gasteiger partial charge is 0.482 e. The molecule has 11 heteroatoms. The SMILES string of the molecule is COc1cc(C(=O)N2C[C@H](N)[C@@H]3CC[C@H]2C3)cc2nc(-c3cc4ccc([C@@H](C)NC(=O)C56CC(F)(C5)C6)nc4n3CC3CC3)c(C3CC3)n12. The van der Waals surface area contributed by atoms with Crippen molar-refractivity contribution in [3.05, 3.63) is 47.3 Å². The lowest BCUT2D eigenvalue weighted by atomic mass is 9.42. The van der Waals surface area contributed by atoms with Gasteiger partial charge in [0.15, 0.2) is 5.88 Å². The van der Waals surface area contributed by atoms with Gasteiger partial charge in [-0.2, -0.15) is 0 Å². The van der Waals surface area contributed by atoms with E-state index in [-0.39, 0.29) is 29.9 Å². The van der Waals surface area contributed by atoms with Crippen LogP contribution >= 0.6 is 0 Å². The molecule has 5 heterocycles. The van der Waals surface area contributed by atoms with Gasteiger partial charge >= 0.3 is 0 Å². The van der Waals surface area contributed by atoms with E-state index < -0.39 is 11.1 Å². The predicted molar refractivity (Wildman–Crippen MR) is 182 cm³/mol. The third-order valence-corrected chi connectivity index (χ3v) is 12.7. The molecule has 6 aliphatic carbocycles. The third kappa shape index (κ3) is 4.60. The summed E-state index contributed by atoms with van der Waals surface area (Å²) < 4.78 is 24.6. The van der Waals surface area contributed by atoms with E-state index in [4.69, 9.17) is 20.4 Å². The van der Waals surface area contributed by atoms with Crippen LogP contribution < -0.4 is 15.8 Å². The molecular weight excluding hydrogens is 621 g/mol. The predicted octanol–water partition coefficient (Wildman–Crippen LogP) is 5.67. The number of pyridine rings is 2. The molecule has 0 unspecified atom stereocenters. The molecule has 1 saturated heterocycles. The molecule has 0 aromatic carbocycles. The molecule has 0 radical (unpaired) electrons. The molecule has 4 atom stereocenters. The summed E-state index contributed by atoms with van der Waals surface area (Å²) >= 11 is 0. The van der Waals surface area contributed by atoms with Crippen LogP contribution in [0.25, 0.3) is 28.1 Å². The first kappa shape index (κ1) is 29.9. The molecule has 49 heavy (non-hydrogen) atoms. The number of carbonyl (C=O) groups is 2. The zero-order valence-corrected chi connectivity index (χ0v) is 28.3. The molecule has 10 nitrogen and oxygen atoms in total. The Hall–Kier alpha value is -3.99. The lowest BCUT2D eigenvalue weighted by Crippen LogP contribution is -2.70. The molecule has 256 valence electrons. The quantitative estimate of drug-likeness (QED) is 0.238. The molecule has 7 fully saturated rings. The molecule has 2 amide bonds. The Bertz CT molecular complexity index is 2040. The minimum Gasteiger partial charge on any atom is -0.482 e. The summed E-state index contributed by atoms with van der Waals surface area (Å²) in [5.74, 6) is 2.00. The second kappa shape index (κ2) is 10.3. The average molecular weight is 666 g/mol.